The molecule has 0 atom stereocenters. The second kappa shape index (κ2) is 14.2. The highest BCUT2D eigenvalue weighted by Gasteiger charge is 2.47. The average molecular weight is 992 g/mol. The van der Waals surface area contributed by atoms with Crippen LogP contribution in [0.3, 0.4) is 0 Å². The van der Waals surface area contributed by atoms with Gasteiger partial charge in [-0.15, -0.1) is 0 Å². The van der Waals surface area contributed by atoms with Gasteiger partial charge in [-0.25, -0.2) is 0 Å². The fourth-order valence-corrected chi connectivity index (χ4v) is 16.4. The van der Waals surface area contributed by atoms with Crippen molar-refractivity contribution in [3.63, 3.8) is 0 Å². The van der Waals surface area contributed by atoms with E-state index in [2.05, 4.69) is 264 Å². The Morgan fingerprint density at radius 3 is 0.870 bits per heavy atom. The van der Waals surface area contributed by atoms with Gasteiger partial charge in [0.15, 0.2) is 0 Å². The van der Waals surface area contributed by atoms with Gasteiger partial charge in [0.2, 0.25) is 0 Å². The SMILES string of the molecule is CC1(C)c2ccccc2-c2cc3c(cc21)-c1cc2c(cc1C3(C)C)-c1ccc(N(c3ccc4c(c3)C(C)(C)c3cc5c(cc3-4)C(C)(C)c3cc4c(cc3-5)C(C)(C)c3ccccc3-4)c3cccc4ccccc34)cc1C2(C)C. The summed E-state index contributed by atoms with van der Waals surface area (Å²) in [6, 6.07) is 69.1. The predicted molar refractivity (Wildman–Crippen MR) is 324 cm³/mol. The molecule has 0 N–H and O–H groups in total. The molecular weight excluding hydrogens is 927 g/mol. The summed E-state index contributed by atoms with van der Waals surface area (Å²) in [5.74, 6) is 0. The number of anilines is 3. The minimum atomic E-state index is -0.229. The van der Waals surface area contributed by atoms with Crippen molar-refractivity contribution >= 4 is 27.8 Å². The molecule has 6 aliphatic rings. The molecule has 10 aromatic rings. The molecule has 0 spiro atoms. The molecule has 374 valence electrons. The van der Waals surface area contributed by atoms with Crippen LogP contribution < -0.4 is 4.90 Å². The van der Waals surface area contributed by atoms with E-state index >= 15 is 0 Å². The van der Waals surface area contributed by atoms with Gasteiger partial charge in [0.05, 0.1) is 5.69 Å². The van der Waals surface area contributed by atoms with Crippen molar-refractivity contribution in [2.75, 3.05) is 4.90 Å². The first-order valence-electron chi connectivity index (χ1n) is 28.2. The molecule has 0 unspecified atom stereocenters. The molecule has 6 aliphatic carbocycles. The van der Waals surface area contributed by atoms with Gasteiger partial charge in [0.25, 0.3) is 0 Å². The second-order valence-electron chi connectivity index (χ2n) is 26.9. The van der Waals surface area contributed by atoms with E-state index in [4.69, 9.17) is 0 Å². The third-order valence-corrected chi connectivity index (χ3v) is 20.8. The fourth-order valence-electron chi connectivity index (χ4n) is 16.4. The van der Waals surface area contributed by atoms with Crippen LogP contribution in [-0.2, 0) is 32.5 Å². The molecule has 0 amide bonds. The van der Waals surface area contributed by atoms with Crippen molar-refractivity contribution in [1.29, 1.82) is 0 Å². The van der Waals surface area contributed by atoms with Crippen molar-refractivity contribution in [2.24, 2.45) is 0 Å². The van der Waals surface area contributed by atoms with Gasteiger partial charge in [0.1, 0.15) is 0 Å². The van der Waals surface area contributed by atoms with Crippen LogP contribution in [0.4, 0.5) is 17.1 Å². The molecule has 0 aromatic heterocycles. The first kappa shape index (κ1) is 45.5. The molecule has 0 fully saturated rings. The summed E-state index contributed by atoms with van der Waals surface area (Å²) in [7, 11) is 0. The standard InChI is InChI=1S/C76H65N/c1-71(2)58-25-17-15-23-46(58)50-34-66-54(38-62(50)71)56-40-64-52(36-68(56)75(66,9)10)48-30-28-43(32-60(48)73(64,5)6)77(70-27-19-21-42-20-13-14-22-45(42)70)44-29-31-49-53-37-69-57(41-65(53)74(7,8)61(49)33-44)55-39-63-51(35-67(55)76(69,11)12)47-24-16-18-26-59(47)72(63,3)4/h13-41H,1-12H3. The lowest BCUT2D eigenvalue weighted by molar-refractivity contribution is 0.649. The summed E-state index contributed by atoms with van der Waals surface area (Å²) in [4.78, 5) is 2.56. The maximum absolute atomic E-state index is 2.59. The predicted octanol–water partition coefficient (Wildman–Crippen LogP) is 20.1. The highest BCUT2D eigenvalue weighted by molar-refractivity contribution is 6.01. The molecule has 0 saturated carbocycles. The van der Waals surface area contributed by atoms with Crippen molar-refractivity contribution in [2.45, 2.75) is 116 Å². The zero-order valence-corrected chi connectivity index (χ0v) is 46.7. The summed E-state index contributed by atoms with van der Waals surface area (Å²) in [6.07, 6.45) is 0. The zero-order chi connectivity index (χ0) is 52.8. The highest BCUT2D eigenvalue weighted by atomic mass is 15.1. The summed E-state index contributed by atoms with van der Waals surface area (Å²) in [5.41, 5.74) is 36.4. The number of hydrogen-bond acceptors (Lipinski definition) is 1. The van der Waals surface area contributed by atoms with Gasteiger partial charge in [-0.2, -0.15) is 0 Å². The first-order valence-corrected chi connectivity index (χ1v) is 28.2. The monoisotopic (exact) mass is 992 g/mol. The van der Waals surface area contributed by atoms with Crippen molar-refractivity contribution in [1.82, 2.24) is 0 Å². The molecule has 0 radical (unpaired) electrons. The first-order chi connectivity index (χ1) is 36.7. The van der Waals surface area contributed by atoms with Crippen LogP contribution >= 0.6 is 0 Å². The molecule has 16 rings (SSSR count). The Hall–Kier alpha value is -7.74. The average Bonchev–Trinajstić information content (AvgIpc) is 4.18. The third-order valence-electron chi connectivity index (χ3n) is 20.8. The molecule has 0 aliphatic heterocycles. The normalized spacial score (nSPS) is 18.0. The van der Waals surface area contributed by atoms with Gasteiger partial charge in [-0.1, -0.05) is 180 Å². The van der Waals surface area contributed by atoms with E-state index in [0.29, 0.717) is 0 Å². The van der Waals surface area contributed by atoms with Crippen LogP contribution in [0.15, 0.2) is 176 Å². The summed E-state index contributed by atoms with van der Waals surface area (Å²) < 4.78 is 0. The molecule has 0 bridgehead atoms. The third kappa shape index (κ3) is 5.51. The highest BCUT2D eigenvalue weighted by Crippen LogP contribution is 2.62. The Morgan fingerprint density at radius 1 is 0.221 bits per heavy atom. The molecule has 0 saturated heterocycles. The van der Waals surface area contributed by atoms with Crippen molar-refractivity contribution in [3.8, 4) is 66.8 Å². The van der Waals surface area contributed by atoms with Crippen LogP contribution in [0, 0.1) is 0 Å². The van der Waals surface area contributed by atoms with E-state index in [1.807, 2.05) is 0 Å². The summed E-state index contributed by atoms with van der Waals surface area (Å²) in [6.45, 7) is 29.2. The molecule has 10 aromatic carbocycles. The molecular formula is C76H65N. The number of hydrogen-bond donors (Lipinski definition) is 0. The van der Waals surface area contributed by atoms with E-state index in [0.717, 1.165) is 0 Å². The van der Waals surface area contributed by atoms with Crippen LogP contribution in [0.1, 0.15) is 150 Å². The minimum Gasteiger partial charge on any atom is -0.310 e. The van der Waals surface area contributed by atoms with Crippen LogP contribution in [0.2, 0.25) is 0 Å². The van der Waals surface area contributed by atoms with Crippen molar-refractivity contribution < 1.29 is 0 Å². The molecule has 1 nitrogen and oxygen atoms in total. The number of benzene rings is 10. The van der Waals surface area contributed by atoms with E-state index in [1.54, 1.807) is 0 Å². The lowest BCUT2D eigenvalue weighted by Gasteiger charge is -2.30. The smallest absolute Gasteiger partial charge is 0.0540 e. The summed E-state index contributed by atoms with van der Waals surface area (Å²) >= 11 is 0. The van der Waals surface area contributed by atoms with Crippen LogP contribution in [-0.4, -0.2) is 0 Å². The Labute approximate surface area is 455 Å². The Morgan fingerprint density at radius 2 is 0.494 bits per heavy atom. The van der Waals surface area contributed by atoms with Crippen LogP contribution in [0.5, 0.6) is 0 Å². The Bertz CT molecular complexity index is 4140. The summed E-state index contributed by atoms with van der Waals surface area (Å²) in [5, 5.41) is 2.48. The minimum absolute atomic E-state index is 0.0538. The van der Waals surface area contributed by atoms with Gasteiger partial charge in [-0.3, -0.25) is 0 Å². The van der Waals surface area contributed by atoms with Gasteiger partial charge in [0, 0.05) is 49.3 Å². The lowest BCUT2D eigenvalue weighted by Crippen LogP contribution is -2.18. The molecule has 77 heavy (non-hydrogen) atoms. The second-order valence-corrected chi connectivity index (χ2v) is 26.9. The maximum atomic E-state index is 2.59. The van der Waals surface area contributed by atoms with Crippen molar-refractivity contribution in [3.05, 3.63) is 243 Å². The van der Waals surface area contributed by atoms with E-state index in [1.165, 1.54) is 161 Å². The zero-order valence-electron chi connectivity index (χ0n) is 46.7. The van der Waals surface area contributed by atoms with Gasteiger partial charge < -0.3 is 4.90 Å². The molecule has 1 heteroatoms. The maximum Gasteiger partial charge on any atom is 0.0540 e. The Kier molecular flexibility index (Phi) is 8.41. The molecule has 0 heterocycles. The number of fused-ring (bicyclic) bond motifs is 19. The van der Waals surface area contributed by atoms with E-state index < -0.39 is 0 Å². The fraction of sp³-hybridized carbons (Fsp3) is 0.237. The topological polar surface area (TPSA) is 3.24 Å². The number of rotatable bonds is 3. The van der Waals surface area contributed by atoms with Gasteiger partial charge in [-0.05, 0) is 218 Å². The van der Waals surface area contributed by atoms with E-state index in [9.17, 15) is 0 Å². The quantitative estimate of drug-likeness (QED) is 0.170. The number of nitrogens with zero attached hydrogens (tertiary/aromatic N) is 1. The lowest BCUT2D eigenvalue weighted by atomic mass is 9.78. The van der Waals surface area contributed by atoms with E-state index in [-0.39, 0.29) is 32.5 Å². The van der Waals surface area contributed by atoms with Crippen LogP contribution in [0.25, 0.3) is 77.5 Å². The largest absolute Gasteiger partial charge is 0.310 e. The van der Waals surface area contributed by atoms with Gasteiger partial charge >= 0.3 is 0 Å². The Balaban J connectivity index is 0.819.